The van der Waals surface area contributed by atoms with Crippen molar-refractivity contribution < 1.29 is 0 Å². The summed E-state index contributed by atoms with van der Waals surface area (Å²) in [6, 6.07) is 133. The first-order chi connectivity index (χ1) is 46.0. The van der Waals surface area contributed by atoms with E-state index in [0.717, 1.165) is 0 Å². The Kier molecular flexibility index (Phi) is 12.4. The van der Waals surface area contributed by atoms with E-state index in [0.29, 0.717) is 0 Å². The lowest BCUT2D eigenvalue weighted by Crippen LogP contribution is -2.38. The smallest absolute Gasteiger partial charge is 0.0748 e. The SMILES string of the molecule is CN1c2ccccc2C(c2ccccc2)(c2ccccc2)c2c(-c3cccc4c(-c5cccc6c5-c5ccccc5C6(c5ccccc5)c5ccccc5)c5cccc(-c6cccc7c6C(c6ccccc6)(c6ccccc6)c6ccccc6N7C)c5cc34)cccc21. The van der Waals surface area contributed by atoms with Crippen LogP contribution in [0.1, 0.15) is 66.8 Å². The number of hydrogen-bond acceptors (Lipinski definition) is 2. The highest BCUT2D eigenvalue weighted by Gasteiger charge is 2.50. The van der Waals surface area contributed by atoms with Crippen molar-refractivity contribution in [3.63, 3.8) is 0 Å². The molecule has 18 rings (SSSR count). The molecule has 0 N–H and O–H groups in total. The van der Waals surface area contributed by atoms with Crippen molar-refractivity contribution in [1.82, 2.24) is 0 Å². The molecule has 0 spiro atoms. The molecule has 2 heterocycles. The van der Waals surface area contributed by atoms with Gasteiger partial charge in [0.25, 0.3) is 0 Å². The summed E-state index contributed by atoms with van der Waals surface area (Å²) in [5.74, 6) is 0. The molecule has 0 unspecified atom stereocenters. The summed E-state index contributed by atoms with van der Waals surface area (Å²) in [5, 5.41) is 4.75. The first kappa shape index (κ1) is 54.4. The third kappa shape index (κ3) is 7.58. The van der Waals surface area contributed by atoms with E-state index in [1.807, 2.05) is 0 Å². The number of fused-ring (bicyclic) bond motifs is 9. The maximum Gasteiger partial charge on any atom is 0.0748 e. The van der Waals surface area contributed by atoms with Crippen LogP contribution in [0.5, 0.6) is 0 Å². The zero-order valence-corrected chi connectivity index (χ0v) is 51.9. The summed E-state index contributed by atoms with van der Waals surface area (Å²) in [7, 11) is 4.50. The number of para-hydroxylation sites is 2. The molecule has 2 aliphatic heterocycles. The maximum atomic E-state index is 2.58. The van der Waals surface area contributed by atoms with Crippen LogP contribution >= 0.6 is 0 Å². The van der Waals surface area contributed by atoms with Crippen LogP contribution in [0.25, 0.3) is 66.1 Å². The van der Waals surface area contributed by atoms with E-state index < -0.39 is 16.2 Å². The van der Waals surface area contributed by atoms with Gasteiger partial charge in [-0.25, -0.2) is 0 Å². The van der Waals surface area contributed by atoms with Crippen LogP contribution < -0.4 is 9.80 Å². The van der Waals surface area contributed by atoms with E-state index in [9.17, 15) is 0 Å². The van der Waals surface area contributed by atoms with Crippen LogP contribution in [0.3, 0.4) is 0 Å². The number of benzene rings is 15. The first-order valence-electron chi connectivity index (χ1n) is 32.5. The molecule has 0 atom stereocenters. The minimum Gasteiger partial charge on any atom is -0.344 e. The lowest BCUT2D eigenvalue weighted by Gasteiger charge is -2.46. The van der Waals surface area contributed by atoms with Crippen LogP contribution in [-0.2, 0) is 16.2 Å². The molecule has 0 bridgehead atoms. The highest BCUT2D eigenvalue weighted by molar-refractivity contribution is 6.21. The number of nitrogens with zero attached hydrogens (tertiary/aromatic N) is 2. The van der Waals surface area contributed by atoms with Crippen molar-refractivity contribution in [2.45, 2.75) is 16.2 Å². The molecule has 0 aromatic heterocycles. The van der Waals surface area contributed by atoms with Gasteiger partial charge >= 0.3 is 0 Å². The predicted molar refractivity (Wildman–Crippen MR) is 388 cm³/mol. The molecule has 0 amide bonds. The molecular formula is C91H64N2. The zero-order chi connectivity index (χ0) is 61.8. The number of hydrogen-bond donors (Lipinski definition) is 0. The van der Waals surface area contributed by atoms with E-state index in [2.05, 4.69) is 376 Å². The zero-order valence-electron chi connectivity index (χ0n) is 51.9. The Morgan fingerprint density at radius 2 is 0.484 bits per heavy atom. The molecule has 0 fully saturated rings. The van der Waals surface area contributed by atoms with Gasteiger partial charge in [0, 0.05) is 48.0 Å². The number of anilines is 4. The van der Waals surface area contributed by atoms with Gasteiger partial charge in [0.05, 0.1) is 16.2 Å². The fourth-order valence-corrected chi connectivity index (χ4v) is 17.5. The Balaban J connectivity index is 1.01. The third-order valence-corrected chi connectivity index (χ3v) is 21.1. The molecule has 0 saturated carbocycles. The van der Waals surface area contributed by atoms with Crippen LogP contribution in [0.2, 0.25) is 0 Å². The van der Waals surface area contributed by atoms with E-state index in [-0.39, 0.29) is 0 Å². The standard InChI is InChI=1S/C91H64N2/c1-92-81-56-25-23-53-78(81)90(63-36-13-5-14-37-63,64-38-15-6-16-39-64)87-71(49-30-58-83(87)92)67-45-27-47-69-75(67)60-76-68(72-50-31-59-84-88(72)91(65-40-17-7-18-41-65,66-42-19-8-20-43-66)79-54-24-26-57-82(79)93(84)2)46-28-48-70(76)85(69)74-51-29-55-80-86(74)73-44-21-22-52-77(73)89(80,61-32-9-3-10-33-61)62-34-11-4-12-35-62/h3-60H,1-2H3. The summed E-state index contributed by atoms with van der Waals surface area (Å²) in [5.41, 5.74) is 27.3. The Labute approximate surface area is 544 Å². The Morgan fingerprint density at radius 3 is 0.903 bits per heavy atom. The Morgan fingerprint density at radius 1 is 0.194 bits per heavy atom. The van der Waals surface area contributed by atoms with Gasteiger partial charge in [-0.1, -0.05) is 322 Å². The molecule has 2 nitrogen and oxygen atoms in total. The van der Waals surface area contributed by atoms with Gasteiger partial charge in [-0.3, -0.25) is 0 Å². The topological polar surface area (TPSA) is 6.48 Å². The largest absolute Gasteiger partial charge is 0.344 e. The second-order valence-electron chi connectivity index (χ2n) is 25.3. The van der Waals surface area contributed by atoms with Crippen molar-refractivity contribution in [2.75, 3.05) is 23.9 Å². The van der Waals surface area contributed by atoms with Gasteiger partial charge in [-0.15, -0.1) is 0 Å². The van der Waals surface area contributed by atoms with E-state index in [1.165, 1.54) is 156 Å². The van der Waals surface area contributed by atoms with Gasteiger partial charge in [0.1, 0.15) is 0 Å². The van der Waals surface area contributed by atoms with Crippen LogP contribution in [0, 0.1) is 0 Å². The van der Waals surface area contributed by atoms with Crippen molar-refractivity contribution in [3.05, 3.63) is 419 Å². The minimum absolute atomic E-state index is 0.603. The molecule has 2 heteroatoms. The van der Waals surface area contributed by atoms with Crippen LogP contribution in [-0.4, -0.2) is 14.1 Å². The second kappa shape index (κ2) is 21.3. The summed E-state index contributed by atoms with van der Waals surface area (Å²) in [6.45, 7) is 0. The Bertz CT molecular complexity index is 5040. The van der Waals surface area contributed by atoms with Gasteiger partial charge in [0.15, 0.2) is 0 Å². The molecule has 438 valence electrons. The molecular weight excluding hydrogens is 1120 g/mol. The fourth-order valence-electron chi connectivity index (χ4n) is 17.5. The third-order valence-electron chi connectivity index (χ3n) is 21.1. The van der Waals surface area contributed by atoms with Crippen molar-refractivity contribution in [1.29, 1.82) is 0 Å². The highest BCUT2D eigenvalue weighted by atomic mass is 15.1. The molecule has 0 saturated heterocycles. The van der Waals surface area contributed by atoms with Crippen molar-refractivity contribution in [3.8, 4) is 44.5 Å². The van der Waals surface area contributed by atoms with E-state index >= 15 is 0 Å². The lowest BCUT2D eigenvalue weighted by atomic mass is 9.60. The monoisotopic (exact) mass is 1180 g/mol. The van der Waals surface area contributed by atoms with Gasteiger partial charge < -0.3 is 9.80 Å². The van der Waals surface area contributed by atoms with Crippen LogP contribution in [0.15, 0.2) is 352 Å². The van der Waals surface area contributed by atoms with Crippen molar-refractivity contribution in [2.24, 2.45) is 0 Å². The normalized spacial score (nSPS) is 14.3. The fraction of sp³-hybridized carbons (Fsp3) is 0.0549. The predicted octanol–water partition coefficient (Wildman–Crippen LogP) is 22.3. The van der Waals surface area contributed by atoms with Gasteiger partial charge in [-0.2, -0.15) is 0 Å². The average Bonchev–Trinajstić information content (AvgIpc) is 1.59. The quantitative estimate of drug-likeness (QED) is 0.133. The number of rotatable bonds is 9. The van der Waals surface area contributed by atoms with Gasteiger partial charge in [-0.05, 0) is 152 Å². The van der Waals surface area contributed by atoms with E-state index in [1.54, 1.807) is 0 Å². The molecule has 15 aromatic rings. The van der Waals surface area contributed by atoms with Gasteiger partial charge in [0.2, 0.25) is 0 Å². The summed E-state index contributed by atoms with van der Waals surface area (Å²) < 4.78 is 0. The molecule has 15 aromatic carbocycles. The average molecular weight is 1190 g/mol. The minimum atomic E-state index is -0.712. The van der Waals surface area contributed by atoms with Crippen LogP contribution in [0.4, 0.5) is 22.7 Å². The first-order valence-corrected chi connectivity index (χ1v) is 32.5. The molecule has 3 aliphatic rings. The van der Waals surface area contributed by atoms with Crippen molar-refractivity contribution >= 4 is 44.3 Å². The lowest BCUT2D eigenvalue weighted by molar-refractivity contribution is 0.729. The molecule has 1 aliphatic carbocycles. The molecule has 0 radical (unpaired) electrons. The summed E-state index contributed by atoms with van der Waals surface area (Å²) in [6.07, 6.45) is 0. The highest BCUT2D eigenvalue weighted by Crippen LogP contribution is 2.63. The maximum absolute atomic E-state index is 2.58. The summed E-state index contributed by atoms with van der Waals surface area (Å²) in [4.78, 5) is 4.86. The second-order valence-corrected chi connectivity index (χ2v) is 25.3. The Hall–Kier alpha value is -11.6. The molecule has 93 heavy (non-hydrogen) atoms. The summed E-state index contributed by atoms with van der Waals surface area (Å²) >= 11 is 0. The van der Waals surface area contributed by atoms with E-state index in [4.69, 9.17) is 0 Å².